The lowest BCUT2D eigenvalue weighted by Gasteiger charge is -2.16. The molecular weight excluding hydrogens is 384 g/mol. The van der Waals surface area contributed by atoms with Crippen LogP contribution in [0.3, 0.4) is 0 Å². The van der Waals surface area contributed by atoms with Crippen LogP contribution >= 0.6 is 4.67 Å². The first-order valence-electron chi connectivity index (χ1n) is 1.88. The van der Waals surface area contributed by atoms with Gasteiger partial charge in [-0.2, -0.15) is 0 Å². The summed E-state index contributed by atoms with van der Waals surface area (Å²) in [5.74, 6) is -2.10. The molecule has 0 radical (unpaired) electrons. The molecular formula is PS11-. The third kappa shape index (κ3) is 3.31. The van der Waals surface area contributed by atoms with E-state index >= 15 is 0 Å². The molecule has 0 spiro atoms. The first-order chi connectivity index (χ1) is 5.14. The lowest BCUT2D eigenvalue weighted by molar-refractivity contribution is 5.21. The van der Waals surface area contributed by atoms with E-state index in [9.17, 15) is 0 Å². The van der Waals surface area contributed by atoms with Gasteiger partial charge in [0.15, 0.2) is 0 Å². The molecule has 0 amide bonds. The topological polar surface area (TPSA) is 0 Å². The van der Waals surface area contributed by atoms with Crippen LogP contribution in [0.1, 0.15) is 0 Å². The van der Waals surface area contributed by atoms with Crippen molar-refractivity contribution < 1.29 is 0 Å². The zero-order valence-corrected chi connectivity index (χ0v) is 14.8. The summed E-state index contributed by atoms with van der Waals surface area (Å²) in [6, 6.07) is 0. The molecule has 0 nitrogen and oxygen atoms in total. The summed E-state index contributed by atoms with van der Waals surface area (Å²) < 4.78 is -1.28. The minimum atomic E-state index is -2.12. The molecule has 0 atom stereocenters. The fourth-order valence-electron chi connectivity index (χ4n) is 0.145. The van der Waals surface area contributed by atoms with Crippen LogP contribution in [0.15, 0.2) is 0 Å². The molecule has 12 heavy (non-hydrogen) atoms. The second-order valence-electron chi connectivity index (χ2n) is 1.26. The zero-order chi connectivity index (χ0) is 10.2. The zero-order valence-electron chi connectivity index (χ0n) is 4.94. The fraction of sp³-hybridized carbons (Fsp3) is 0. The smallest absolute Gasteiger partial charge is 0.0860 e. The van der Waals surface area contributed by atoms with Gasteiger partial charge in [-0.25, -0.2) is 22.4 Å². The maximum atomic E-state index is 5.10. The van der Waals surface area contributed by atoms with Crippen molar-refractivity contribution in [1.29, 1.82) is 0 Å². The Bertz CT molecular complexity index is 431. The van der Waals surface area contributed by atoms with Gasteiger partial charge in [0.25, 0.3) is 0 Å². The lowest BCUT2D eigenvalue weighted by atomic mass is 29.7. The highest BCUT2D eigenvalue weighted by molar-refractivity contribution is 9.43. The van der Waals surface area contributed by atoms with Gasteiger partial charge in [-0.3, -0.25) is 7.05 Å². The normalized spacial score (nSPS) is 13.1. The number of rotatable bonds is 3. The van der Waals surface area contributed by atoms with Gasteiger partial charge in [-0.1, -0.05) is 27.6 Å². The van der Waals surface area contributed by atoms with E-state index in [0.29, 0.717) is 0 Å². The van der Waals surface area contributed by atoms with E-state index in [1.807, 2.05) is 0 Å². The van der Waals surface area contributed by atoms with Gasteiger partial charge >= 0.3 is 0 Å². The summed E-state index contributed by atoms with van der Waals surface area (Å²) in [6.45, 7) is 0. The lowest BCUT2D eigenvalue weighted by Crippen LogP contribution is -2.03. The van der Waals surface area contributed by atoms with Crippen LogP contribution in [-0.2, 0) is 109 Å². The van der Waals surface area contributed by atoms with Gasteiger partial charge in [-0.05, 0) is 46.0 Å². The van der Waals surface area contributed by atoms with Gasteiger partial charge in [0.05, 0.1) is 4.67 Å². The molecule has 72 valence electrons. The summed E-state index contributed by atoms with van der Waals surface area (Å²) in [7, 11) is -0.925. The molecule has 0 fully saturated rings. The molecule has 0 aromatic carbocycles. The average Bonchev–Trinajstić information content (AvgIpc) is 1.86. The summed E-state index contributed by atoms with van der Waals surface area (Å²) in [5.41, 5.74) is 0. The van der Waals surface area contributed by atoms with Crippen molar-refractivity contribution in [2.24, 2.45) is 0 Å². The minimum Gasteiger partial charge on any atom is -0.271 e. The van der Waals surface area contributed by atoms with Crippen molar-refractivity contribution >= 4 is 113 Å². The number of hydrogen-bond donors (Lipinski definition) is 0. The standard InChI is InChI=1S/PS11/c2-1(3)11(6,7)12(8,9)10(4)5/q-1. The van der Waals surface area contributed by atoms with Crippen LogP contribution in [0.25, 0.3) is 0 Å². The van der Waals surface area contributed by atoms with Crippen molar-refractivity contribution in [1.82, 2.24) is 0 Å². The van der Waals surface area contributed by atoms with Gasteiger partial charge in [-0.15, -0.1) is 0 Å². The van der Waals surface area contributed by atoms with Crippen LogP contribution in [0.2, 0.25) is 0 Å². The van der Waals surface area contributed by atoms with Crippen LogP contribution < -0.4 is 0 Å². The Balaban J connectivity index is 6.07. The third-order valence-electron chi connectivity index (χ3n) is 0.607. The van der Waals surface area contributed by atoms with Gasteiger partial charge in [0.1, 0.15) is 0 Å². The van der Waals surface area contributed by atoms with E-state index in [1.165, 1.54) is 0 Å². The van der Waals surface area contributed by atoms with Crippen molar-refractivity contribution in [3.63, 3.8) is 0 Å². The summed E-state index contributed by atoms with van der Waals surface area (Å²) in [5, 5.41) is -2.12. The van der Waals surface area contributed by atoms with Crippen molar-refractivity contribution in [3.05, 3.63) is 0 Å². The van der Waals surface area contributed by atoms with Crippen LogP contribution in [-0.4, -0.2) is 0 Å². The van der Waals surface area contributed by atoms with E-state index in [1.54, 1.807) is 0 Å². The molecule has 0 saturated carbocycles. The summed E-state index contributed by atoms with van der Waals surface area (Å²) in [4.78, 5) is 0. The first-order valence-corrected chi connectivity index (χ1v) is 16.9. The number of hydrogen-bond acceptors (Lipinski definition) is 9. The largest absolute Gasteiger partial charge is 0.271 e. The van der Waals surface area contributed by atoms with E-state index in [2.05, 4.69) is 0 Å². The van der Waals surface area contributed by atoms with Gasteiger partial charge in [0, 0.05) is 5.80 Å². The molecule has 0 aliphatic heterocycles. The summed E-state index contributed by atoms with van der Waals surface area (Å²) >= 11 is 39.9. The Labute approximate surface area is 111 Å². The molecule has 0 aromatic heterocycles. The van der Waals surface area contributed by atoms with Crippen LogP contribution in [0.5, 0.6) is 0 Å². The monoisotopic (exact) mass is 383 g/mol. The Morgan fingerprint density at radius 1 is 0.917 bits per heavy atom. The van der Waals surface area contributed by atoms with E-state index < -0.39 is 22.7 Å². The molecule has 0 heterocycles. The van der Waals surface area contributed by atoms with Crippen molar-refractivity contribution in [2.75, 3.05) is 0 Å². The minimum absolute atomic E-state index is 0.925. The second-order valence-corrected chi connectivity index (χ2v) is 34.1. The predicted molar refractivity (Wildman–Crippen MR) is 87.9 cm³/mol. The van der Waals surface area contributed by atoms with Crippen molar-refractivity contribution in [3.8, 4) is 0 Å². The second kappa shape index (κ2) is 5.44. The Morgan fingerprint density at radius 3 is 1.33 bits per heavy atom. The highest BCUT2D eigenvalue weighted by Gasteiger charge is 2.05. The maximum absolute atomic E-state index is 5.10. The molecule has 12 heteroatoms. The SMILES string of the molecule is S=P(=S)S(=S)(=S)S(=S)(=S)[S-](=S)=S. The van der Waals surface area contributed by atoms with Gasteiger partial charge in [0.2, 0.25) is 0 Å². The van der Waals surface area contributed by atoms with Crippen molar-refractivity contribution in [2.45, 2.75) is 0 Å². The molecule has 0 saturated heterocycles. The van der Waals surface area contributed by atoms with Crippen LogP contribution in [0.4, 0.5) is 0 Å². The predicted octanol–water partition coefficient (Wildman–Crippen LogP) is 0.835. The molecule has 0 aliphatic rings. The molecule has 0 aliphatic carbocycles. The Morgan fingerprint density at radius 2 is 1.25 bits per heavy atom. The third-order valence-corrected chi connectivity index (χ3v) is 49.2. The Hall–Kier alpha value is 3.11. The molecule has 0 aromatic rings. The maximum Gasteiger partial charge on any atom is 0.0860 e. The van der Waals surface area contributed by atoms with Crippen LogP contribution in [0, 0.1) is 0 Å². The first kappa shape index (κ1) is 15.1. The van der Waals surface area contributed by atoms with E-state index in [4.69, 9.17) is 90.7 Å². The molecule has 0 unspecified atom stereocenters. The summed E-state index contributed by atoms with van der Waals surface area (Å²) in [6.07, 6.45) is 0. The Kier molecular flexibility index (Phi) is 6.85. The van der Waals surface area contributed by atoms with E-state index in [-0.39, 0.29) is 0 Å². The quantitative estimate of drug-likeness (QED) is 0.394. The average molecular weight is 384 g/mol. The highest BCUT2D eigenvalue weighted by atomic mass is 34.1. The molecule has 0 bridgehead atoms. The highest BCUT2D eigenvalue weighted by Crippen LogP contribution is 2.27. The fourth-order valence-corrected chi connectivity index (χ4v) is 35.2. The molecule has 0 rings (SSSR count). The van der Waals surface area contributed by atoms with E-state index in [0.717, 1.165) is 0 Å². The molecule has 0 N–H and O–H groups in total. The van der Waals surface area contributed by atoms with Gasteiger partial charge < -0.3 is 0 Å².